The molecule has 0 aromatic heterocycles. The van der Waals surface area contributed by atoms with Gasteiger partial charge in [-0.3, -0.25) is 0 Å². The lowest BCUT2D eigenvalue weighted by Crippen LogP contribution is -2.15. The molecule has 0 radical (unpaired) electrons. The molecular formula is C7H14IN. The first-order valence-corrected chi connectivity index (χ1v) is 4.39. The first kappa shape index (κ1) is 9.43. The molecule has 0 saturated heterocycles. The summed E-state index contributed by atoms with van der Waals surface area (Å²) >= 11 is 2.26. The van der Waals surface area contributed by atoms with Crippen LogP contribution in [-0.2, 0) is 0 Å². The first-order valence-electron chi connectivity index (χ1n) is 3.31. The van der Waals surface area contributed by atoms with E-state index in [1.54, 1.807) is 0 Å². The molecule has 9 heavy (non-hydrogen) atoms. The van der Waals surface area contributed by atoms with Crippen molar-refractivity contribution in [3.8, 4) is 0 Å². The molecule has 0 unspecified atom stereocenters. The van der Waals surface area contributed by atoms with Crippen molar-refractivity contribution in [2.24, 2.45) is 0 Å². The van der Waals surface area contributed by atoms with Gasteiger partial charge in [-0.1, -0.05) is 13.5 Å². The summed E-state index contributed by atoms with van der Waals surface area (Å²) in [5, 5.41) is 3.30. The molecular weight excluding hydrogens is 225 g/mol. The van der Waals surface area contributed by atoms with Gasteiger partial charge in [0.1, 0.15) is 0 Å². The van der Waals surface area contributed by atoms with Crippen molar-refractivity contribution in [2.75, 3.05) is 13.1 Å². The van der Waals surface area contributed by atoms with Crippen LogP contribution in [0, 0.1) is 0 Å². The number of halogens is 1. The molecule has 0 aromatic rings. The average molecular weight is 239 g/mol. The van der Waals surface area contributed by atoms with Crippen molar-refractivity contribution in [3.63, 3.8) is 0 Å². The zero-order valence-electron chi connectivity index (χ0n) is 5.91. The highest BCUT2D eigenvalue weighted by Gasteiger charge is 1.86. The molecule has 0 saturated carbocycles. The molecule has 0 aliphatic heterocycles. The van der Waals surface area contributed by atoms with E-state index in [4.69, 9.17) is 0 Å². The maximum absolute atomic E-state index is 3.80. The first-order chi connectivity index (χ1) is 4.27. The van der Waals surface area contributed by atoms with Gasteiger partial charge >= 0.3 is 0 Å². The van der Waals surface area contributed by atoms with Gasteiger partial charge in [0.2, 0.25) is 0 Å². The van der Waals surface area contributed by atoms with Gasteiger partial charge in [0, 0.05) is 0 Å². The fourth-order valence-corrected chi connectivity index (χ4v) is 0.795. The highest BCUT2D eigenvalue weighted by molar-refractivity contribution is 14.1. The Morgan fingerprint density at radius 2 is 2.22 bits per heavy atom. The van der Waals surface area contributed by atoms with Crippen molar-refractivity contribution >= 4 is 22.6 Å². The van der Waals surface area contributed by atoms with Crippen molar-refractivity contribution in [3.05, 3.63) is 10.2 Å². The van der Waals surface area contributed by atoms with Crippen LogP contribution >= 0.6 is 22.6 Å². The maximum atomic E-state index is 3.80. The van der Waals surface area contributed by atoms with Crippen LogP contribution in [0.1, 0.15) is 19.8 Å². The Bertz CT molecular complexity index is 81.0. The van der Waals surface area contributed by atoms with Gasteiger partial charge < -0.3 is 5.32 Å². The van der Waals surface area contributed by atoms with E-state index in [2.05, 4.69) is 41.4 Å². The largest absolute Gasteiger partial charge is 0.316 e. The molecule has 0 heterocycles. The Balaban J connectivity index is 2.83. The molecule has 0 atom stereocenters. The highest BCUT2D eigenvalue weighted by Crippen LogP contribution is 2.04. The summed E-state index contributed by atoms with van der Waals surface area (Å²) in [6, 6.07) is 0. The van der Waals surface area contributed by atoms with Gasteiger partial charge in [-0.2, -0.15) is 0 Å². The van der Waals surface area contributed by atoms with Crippen molar-refractivity contribution < 1.29 is 0 Å². The van der Waals surface area contributed by atoms with Crippen LogP contribution < -0.4 is 5.32 Å². The Kier molecular flexibility index (Phi) is 6.86. The Morgan fingerprint density at radius 3 is 2.67 bits per heavy atom. The second-order valence-corrected chi connectivity index (χ2v) is 3.54. The monoisotopic (exact) mass is 239 g/mol. The minimum atomic E-state index is 1.08. The van der Waals surface area contributed by atoms with Crippen LogP contribution in [-0.4, -0.2) is 13.1 Å². The van der Waals surface area contributed by atoms with Crippen LogP contribution in [0.2, 0.25) is 0 Å². The van der Waals surface area contributed by atoms with Crippen molar-refractivity contribution in [1.82, 2.24) is 5.32 Å². The molecule has 0 rings (SSSR count). The zero-order valence-corrected chi connectivity index (χ0v) is 8.07. The standard InChI is InChI=1S/C7H14IN/c1-3-5-9-6-4-7(2)8/h9H,2-6H2,1H3. The summed E-state index contributed by atoms with van der Waals surface area (Å²) in [4.78, 5) is 0. The third kappa shape index (κ3) is 8.43. The summed E-state index contributed by atoms with van der Waals surface area (Å²) in [5.41, 5.74) is 0. The summed E-state index contributed by atoms with van der Waals surface area (Å²) in [6.07, 6.45) is 2.31. The molecule has 54 valence electrons. The summed E-state index contributed by atoms with van der Waals surface area (Å²) < 4.78 is 1.23. The second-order valence-electron chi connectivity index (χ2n) is 2.02. The Morgan fingerprint density at radius 1 is 1.56 bits per heavy atom. The predicted molar refractivity (Wildman–Crippen MR) is 50.9 cm³/mol. The molecule has 2 heteroatoms. The van der Waals surface area contributed by atoms with Gasteiger partial charge in [0.15, 0.2) is 0 Å². The molecule has 0 aliphatic rings. The molecule has 0 bridgehead atoms. The molecule has 0 aromatic carbocycles. The van der Waals surface area contributed by atoms with Gasteiger partial charge in [0.05, 0.1) is 0 Å². The molecule has 0 spiro atoms. The van der Waals surface area contributed by atoms with E-state index in [9.17, 15) is 0 Å². The van der Waals surface area contributed by atoms with Crippen LogP contribution in [0.15, 0.2) is 10.2 Å². The topological polar surface area (TPSA) is 12.0 Å². The van der Waals surface area contributed by atoms with Crippen molar-refractivity contribution in [2.45, 2.75) is 19.8 Å². The average Bonchev–Trinajstić information content (AvgIpc) is 1.80. The van der Waals surface area contributed by atoms with Crippen LogP contribution in [0.5, 0.6) is 0 Å². The van der Waals surface area contributed by atoms with E-state index in [-0.39, 0.29) is 0 Å². The van der Waals surface area contributed by atoms with Gasteiger partial charge in [-0.05, 0) is 52.1 Å². The van der Waals surface area contributed by atoms with E-state index in [0.717, 1.165) is 19.5 Å². The Labute approximate surface area is 71.1 Å². The summed E-state index contributed by atoms with van der Waals surface area (Å²) in [5.74, 6) is 0. The predicted octanol–water partition coefficient (Wildman–Crippen LogP) is 2.32. The van der Waals surface area contributed by atoms with E-state index >= 15 is 0 Å². The number of hydrogen-bond donors (Lipinski definition) is 1. The number of rotatable bonds is 5. The fraction of sp³-hybridized carbons (Fsp3) is 0.714. The highest BCUT2D eigenvalue weighted by atomic mass is 127. The second kappa shape index (κ2) is 6.55. The summed E-state index contributed by atoms with van der Waals surface area (Å²) in [6.45, 7) is 8.18. The van der Waals surface area contributed by atoms with Crippen LogP contribution in [0.25, 0.3) is 0 Å². The third-order valence-electron chi connectivity index (χ3n) is 1.000. The minimum absolute atomic E-state index is 1.08. The van der Waals surface area contributed by atoms with Gasteiger partial charge in [0.25, 0.3) is 0 Å². The van der Waals surface area contributed by atoms with E-state index in [1.807, 2.05) is 0 Å². The smallest absolute Gasteiger partial charge is 0.000411 e. The molecule has 0 amide bonds. The van der Waals surface area contributed by atoms with E-state index < -0.39 is 0 Å². The Hall–Kier alpha value is 0.430. The number of hydrogen-bond acceptors (Lipinski definition) is 1. The van der Waals surface area contributed by atoms with Gasteiger partial charge in [-0.15, -0.1) is 0 Å². The normalized spacial score (nSPS) is 9.56. The maximum Gasteiger partial charge on any atom is -0.000411 e. The molecule has 0 aliphatic carbocycles. The van der Waals surface area contributed by atoms with E-state index in [1.165, 1.54) is 10.0 Å². The number of nitrogens with one attached hydrogen (secondary N) is 1. The lowest BCUT2D eigenvalue weighted by atomic mass is 10.4. The SMILES string of the molecule is C=C(I)CCNCCC. The molecule has 1 nitrogen and oxygen atoms in total. The zero-order chi connectivity index (χ0) is 7.11. The van der Waals surface area contributed by atoms with E-state index in [0.29, 0.717) is 0 Å². The van der Waals surface area contributed by atoms with Crippen molar-refractivity contribution in [1.29, 1.82) is 0 Å². The lowest BCUT2D eigenvalue weighted by Gasteiger charge is -1.99. The van der Waals surface area contributed by atoms with Crippen LogP contribution in [0.4, 0.5) is 0 Å². The lowest BCUT2D eigenvalue weighted by molar-refractivity contribution is 0.677. The molecule has 1 N–H and O–H groups in total. The summed E-state index contributed by atoms with van der Waals surface area (Å²) in [7, 11) is 0. The fourth-order valence-electron chi connectivity index (χ4n) is 0.526. The van der Waals surface area contributed by atoms with Crippen LogP contribution in [0.3, 0.4) is 0 Å². The third-order valence-corrected chi connectivity index (χ3v) is 1.54. The minimum Gasteiger partial charge on any atom is -0.316 e. The van der Waals surface area contributed by atoms with Gasteiger partial charge in [-0.25, -0.2) is 0 Å². The molecule has 0 fully saturated rings. The quantitative estimate of drug-likeness (QED) is 0.573.